The van der Waals surface area contributed by atoms with Crippen LogP contribution in [-0.2, 0) is 10.2 Å². The first-order valence-electron chi connectivity index (χ1n) is 5.10. The number of hydrogen-bond donors (Lipinski definition) is 0. The van der Waals surface area contributed by atoms with Crippen molar-refractivity contribution in [2.45, 2.75) is 25.7 Å². The highest BCUT2D eigenvalue weighted by Gasteiger charge is 2.33. The average Bonchev–Trinajstić information content (AvgIpc) is 2.37. The number of rotatable bonds is 1. The summed E-state index contributed by atoms with van der Waals surface area (Å²) in [5, 5.41) is -0.511. The van der Waals surface area contributed by atoms with Gasteiger partial charge in [0.2, 0.25) is 5.24 Å². The molecular weight excluding hydrogens is 227 g/mol. The van der Waals surface area contributed by atoms with Crippen LogP contribution in [0.2, 0.25) is 0 Å². The zero-order valence-corrected chi connectivity index (χ0v) is 9.94. The molecule has 0 atom stereocenters. The van der Waals surface area contributed by atoms with Crippen molar-refractivity contribution in [2.24, 2.45) is 0 Å². The zero-order chi connectivity index (χ0) is 11.9. The fourth-order valence-electron chi connectivity index (χ4n) is 2.30. The number of carbonyl (C=O) groups excluding carboxylic acids is 1. The Morgan fingerprint density at radius 3 is 2.81 bits per heavy atom. The quantitative estimate of drug-likeness (QED) is 0.539. The molecule has 2 rings (SSSR count). The largest absolute Gasteiger partial charge is 0.276 e. The van der Waals surface area contributed by atoms with Gasteiger partial charge in [-0.1, -0.05) is 19.9 Å². The first-order valence-corrected chi connectivity index (χ1v) is 5.48. The summed E-state index contributed by atoms with van der Waals surface area (Å²) >= 11 is 5.35. The van der Waals surface area contributed by atoms with Crippen molar-refractivity contribution < 1.29 is 9.18 Å². The van der Waals surface area contributed by atoms with E-state index in [2.05, 4.69) is 13.8 Å². The van der Waals surface area contributed by atoms with Gasteiger partial charge in [0.25, 0.3) is 0 Å². The van der Waals surface area contributed by atoms with Crippen LogP contribution in [0.3, 0.4) is 0 Å². The molecular formula is C13H12ClFO. The van der Waals surface area contributed by atoms with Gasteiger partial charge in [0.15, 0.2) is 0 Å². The van der Waals surface area contributed by atoms with E-state index >= 15 is 0 Å². The van der Waals surface area contributed by atoms with E-state index in [4.69, 9.17) is 11.6 Å². The van der Waals surface area contributed by atoms with Crippen molar-refractivity contribution in [1.29, 1.82) is 0 Å². The van der Waals surface area contributed by atoms with Crippen LogP contribution in [0.1, 0.15) is 31.4 Å². The van der Waals surface area contributed by atoms with E-state index in [-0.39, 0.29) is 11.2 Å². The van der Waals surface area contributed by atoms with E-state index in [0.717, 1.165) is 16.7 Å². The van der Waals surface area contributed by atoms with E-state index < -0.39 is 5.24 Å². The molecule has 0 bridgehead atoms. The van der Waals surface area contributed by atoms with Gasteiger partial charge in [0.05, 0.1) is 0 Å². The summed E-state index contributed by atoms with van der Waals surface area (Å²) in [6.45, 7) is 4.15. The molecule has 0 fully saturated rings. The summed E-state index contributed by atoms with van der Waals surface area (Å²) < 4.78 is 13.2. The Labute approximate surface area is 98.9 Å². The van der Waals surface area contributed by atoms with Gasteiger partial charge in [-0.2, -0.15) is 0 Å². The first-order chi connectivity index (χ1) is 7.40. The third-order valence-corrected chi connectivity index (χ3v) is 3.09. The van der Waals surface area contributed by atoms with Crippen LogP contribution in [0.5, 0.6) is 0 Å². The molecule has 0 amide bonds. The lowest BCUT2D eigenvalue weighted by molar-refractivity contribution is -0.107. The predicted molar refractivity (Wildman–Crippen MR) is 62.9 cm³/mol. The Bertz CT molecular complexity index is 489. The summed E-state index contributed by atoms with van der Waals surface area (Å²) in [6, 6.07) is 4.70. The smallest absolute Gasteiger partial charge is 0.245 e. The minimum atomic E-state index is -0.511. The van der Waals surface area contributed by atoms with E-state index in [1.54, 1.807) is 6.07 Å². The van der Waals surface area contributed by atoms with Crippen molar-refractivity contribution >= 4 is 22.4 Å². The Balaban J connectivity index is 2.60. The summed E-state index contributed by atoms with van der Waals surface area (Å²) in [5.41, 5.74) is 2.62. The molecule has 0 radical (unpaired) electrons. The summed E-state index contributed by atoms with van der Waals surface area (Å²) in [5.74, 6) is -0.288. The molecule has 0 spiro atoms. The highest BCUT2D eigenvalue weighted by atomic mass is 35.5. The van der Waals surface area contributed by atoms with Gasteiger partial charge in [0.1, 0.15) is 5.82 Å². The third kappa shape index (κ3) is 1.90. The normalized spacial score (nSPS) is 19.9. The zero-order valence-electron chi connectivity index (χ0n) is 9.18. The average molecular weight is 239 g/mol. The van der Waals surface area contributed by atoms with Gasteiger partial charge >= 0.3 is 0 Å². The topological polar surface area (TPSA) is 17.1 Å². The van der Waals surface area contributed by atoms with Crippen molar-refractivity contribution in [1.82, 2.24) is 0 Å². The maximum atomic E-state index is 13.2. The van der Waals surface area contributed by atoms with Gasteiger partial charge in [-0.3, -0.25) is 4.79 Å². The second-order valence-electron chi connectivity index (χ2n) is 4.72. The summed E-state index contributed by atoms with van der Waals surface area (Å²) in [4.78, 5) is 10.9. The van der Waals surface area contributed by atoms with Crippen LogP contribution in [0, 0.1) is 5.82 Å². The Kier molecular flexibility index (Phi) is 2.62. The van der Waals surface area contributed by atoms with Gasteiger partial charge in [-0.15, -0.1) is 0 Å². The molecule has 0 aliphatic heterocycles. The molecule has 3 heteroatoms. The van der Waals surface area contributed by atoms with Crippen LogP contribution in [0.25, 0.3) is 5.57 Å². The second-order valence-corrected chi connectivity index (χ2v) is 5.10. The van der Waals surface area contributed by atoms with Crippen molar-refractivity contribution in [3.05, 3.63) is 41.2 Å². The molecule has 0 heterocycles. The summed E-state index contributed by atoms with van der Waals surface area (Å²) in [7, 11) is 0. The second kappa shape index (κ2) is 3.70. The Morgan fingerprint density at radius 1 is 1.50 bits per heavy atom. The molecule has 0 saturated heterocycles. The van der Waals surface area contributed by atoms with E-state index in [9.17, 15) is 9.18 Å². The van der Waals surface area contributed by atoms with E-state index in [1.165, 1.54) is 18.2 Å². The molecule has 1 aromatic rings. The number of halogens is 2. The van der Waals surface area contributed by atoms with Crippen LogP contribution < -0.4 is 0 Å². The van der Waals surface area contributed by atoms with Crippen LogP contribution >= 0.6 is 11.6 Å². The monoisotopic (exact) mass is 238 g/mol. The third-order valence-electron chi connectivity index (χ3n) is 2.98. The molecule has 0 N–H and O–H groups in total. The number of hydrogen-bond acceptors (Lipinski definition) is 1. The van der Waals surface area contributed by atoms with Crippen LogP contribution in [0.4, 0.5) is 4.39 Å². The lowest BCUT2D eigenvalue weighted by atomic mass is 9.86. The van der Waals surface area contributed by atoms with Crippen molar-refractivity contribution in [2.75, 3.05) is 0 Å². The SMILES string of the molecule is CC1(C)C/C(=C\C(=O)Cl)c2cc(F)ccc21. The molecule has 1 aliphatic carbocycles. The molecule has 1 nitrogen and oxygen atoms in total. The molecule has 84 valence electrons. The number of allylic oxidation sites excluding steroid dienone is 2. The van der Waals surface area contributed by atoms with Gasteiger partial charge in [-0.25, -0.2) is 4.39 Å². The van der Waals surface area contributed by atoms with Gasteiger partial charge in [-0.05, 0) is 52.3 Å². The van der Waals surface area contributed by atoms with E-state index in [0.29, 0.717) is 6.42 Å². The maximum absolute atomic E-state index is 13.2. The predicted octanol–water partition coefficient (Wildman–Crippen LogP) is 3.66. The molecule has 0 aromatic heterocycles. The van der Waals surface area contributed by atoms with E-state index in [1.807, 2.05) is 0 Å². The molecule has 0 saturated carbocycles. The van der Waals surface area contributed by atoms with Crippen molar-refractivity contribution in [3.63, 3.8) is 0 Å². The Hall–Kier alpha value is -1.15. The van der Waals surface area contributed by atoms with Gasteiger partial charge < -0.3 is 0 Å². The minimum Gasteiger partial charge on any atom is -0.276 e. The number of carbonyl (C=O) groups is 1. The van der Waals surface area contributed by atoms with Crippen LogP contribution in [0.15, 0.2) is 24.3 Å². The highest BCUT2D eigenvalue weighted by Crippen LogP contribution is 2.45. The Morgan fingerprint density at radius 2 is 2.19 bits per heavy atom. The highest BCUT2D eigenvalue weighted by molar-refractivity contribution is 6.67. The molecule has 1 aromatic carbocycles. The number of benzene rings is 1. The molecule has 0 unspecified atom stereocenters. The molecule has 1 aliphatic rings. The van der Waals surface area contributed by atoms with Crippen LogP contribution in [-0.4, -0.2) is 5.24 Å². The maximum Gasteiger partial charge on any atom is 0.245 e. The molecule has 16 heavy (non-hydrogen) atoms. The summed E-state index contributed by atoms with van der Waals surface area (Å²) in [6.07, 6.45) is 2.10. The lowest BCUT2D eigenvalue weighted by Crippen LogP contribution is -2.11. The number of fused-ring (bicyclic) bond motifs is 1. The van der Waals surface area contributed by atoms with Crippen molar-refractivity contribution in [3.8, 4) is 0 Å². The van der Waals surface area contributed by atoms with Gasteiger partial charge in [0, 0.05) is 6.08 Å². The minimum absolute atomic E-state index is 0.0682. The lowest BCUT2D eigenvalue weighted by Gasteiger charge is -2.17. The standard InChI is InChI=1S/C13H12ClFO/c1-13(2)7-8(5-12(14)16)10-6-9(15)3-4-11(10)13/h3-6H,7H2,1-2H3/b8-5+. The first kappa shape index (κ1) is 11.3. The fraction of sp³-hybridized carbons (Fsp3) is 0.308. The fourth-order valence-corrected chi connectivity index (χ4v) is 2.44.